The van der Waals surface area contributed by atoms with Crippen LogP contribution in [0.5, 0.6) is 0 Å². The van der Waals surface area contributed by atoms with Crippen LogP contribution in [0, 0.1) is 13.8 Å². The number of ether oxygens (including phenoxy) is 2. The molecule has 0 aliphatic carbocycles. The normalized spacial score (nSPS) is 12.7. The first-order chi connectivity index (χ1) is 8.15. The molecule has 1 N–H and O–H groups in total. The molecular weight excluding hydrogens is 216 g/mol. The average Bonchev–Trinajstić information content (AvgIpc) is 2.28. The lowest BCUT2D eigenvalue weighted by atomic mass is 10.0. The average molecular weight is 238 g/mol. The van der Waals surface area contributed by atoms with E-state index in [9.17, 15) is 5.11 Å². The summed E-state index contributed by atoms with van der Waals surface area (Å²) in [6.07, 6.45) is 0.314. The van der Waals surface area contributed by atoms with Crippen LogP contribution in [0.25, 0.3) is 0 Å². The number of benzene rings is 1. The molecule has 0 radical (unpaired) electrons. The van der Waals surface area contributed by atoms with Gasteiger partial charge in [0.25, 0.3) is 0 Å². The fourth-order valence-electron chi connectivity index (χ4n) is 1.79. The minimum atomic E-state index is -0.543. The number of aryl methyl sites for hydroxylation is 2. The van der Waals surface area contributed by atoms with E-state index in [0.717, 1.165) is 17.5 Å². The van der Waals surface area contributed by atoms with Crippen molar-refractivity contribution >= 4 is 0 Å². The van der Waals surface area contributed by atoms with Gasteiger partial charge in [0.15, 0.2) is 0 Å². The second kappa shape index (κ2) is 7.43. The zero-order valence-electron chi connectivity index (χ0n) is 10.9. The highest BCUT2D eigenvalue weighted by atomic mass is 16.5. The minimum Gasteiger partial charge on any atom is -0.386 e. The van der Waals surface area contributed by atoms with Gasteiger partial charge < -0.3 is 14.6 Å². The molecule has 1 aromatic rings. The maximum Gasteiger partial charge on any atom is 0.103 e. The fourth-order valence-corrected chi connectivity index (χ4v) is 1.79. The molecule has 0 aliphatic rings. The Morgan fingerprint density at radius 3 is 2.65 bits per heavy atom. The third kappa shape index (κ3) is 4.86. The van der Waals surface area contributed by atoms with Crippen LogP contribution < -0.4 is 0 Å². The summed E-state index contributed by atoms with van der Waals surface area (Å²) in [4.78, 5) is 0. The van der Waals surface area contributed by atoms with Crippen LogP contribution in [0.15, 0.2) is 18.2 Å². The lowest BCUT2D eigenvalue weighted by Crippen LogP contribution is -2.10. The molecule has 0 fully saturated rings. The van der Waals surface area contributed by atoms with Crippen molar-refractivity contribution in [1.82, 2.24) is 0 Å². The van der Waals surface area contributed by atoms with Crippen LogP contribution in [0.1, 0.15) is 29.2 Å². The van der Waals surface area contributed by atoms with Gasteiger partial charge in [-0.05, 0) is 31.4 Å². The topological polar surface area (TPSA) is 38.7 Å². The summed E-state index contributed by atoms with van der Waals surface area (Å²) in [6.45, 7) is 5.71. The molecule has 96 valence electrons. The van der Waals surface area contributed by atoms with Crippen molar-refractivity contribution in [2.75, 3.05) is 26.9 Å². The number of hydrogen-bond donors (Lipinski definition) is 1. The van der Waals surface area contributed by atoms with E-state index in [-0.39, 0.29) is 0 Å². The van der Waals surface area contributed by atoms with Crippen LogP contribution >= 0.6 is 0 Å². The number of rotatable bonds is 7. The highest BCUT2D eigenvalue weighted by molar-refractivity contribution is 5.31. The van der Waals surface area contributed by atoms with Gasteiger partial charge in [-0.2, -0.15) is 0 Å². The molecule has 3 nitrogen and oxygen atoms in total. The first-order valence-corrected chi connectivity index (χ1v) is 5.97. The molecule has 0 bridgehead atoms. The molecule has 1 aromatic carbocycles. The van der Waals surface area contributed by atoms with Crippen LogP contribution in [0.4, 0.5) is 0 Å². The zero-order valence-corrected chi connectivity index (χ0v) is 10.9. The summed E-state index contributed by atoms with van der Waals surface area (Å²) in [5.41, 5.74) is 3.26. The number of methoxy groups -OCH3 is 1. The van der Waals surface area contributed by atoms with Gasteiger partial charge in [0.1, 0.15) is 6.10 Å². The van der Waals surface area contributed by atoms with E-state index in [1.807, 2.05) is 26.0 Å². The molecule has 0 saturated carbocycles. The van der Waals surface area contributed by atoms with Gasteiger partial charge in [-0.1, -0.05) is 23.8 Å². The van der Waals surface area contributed by atoms with Gasteiger partial charge >= 0.3 is 0 Å². The largest absolute Gasteiger partial charge is 0.386 e. The van der Waals surface area contributed by atoms with Gasteiger partial charge in [0.05, 0.1) is 6.61 Å². The predicted molar refractivity (Wildman–Crippen MR) is 68.2 cm³/mol. The van der Waals surface area contributed by atoms with Crippen molar-refractivity contribution in [1.29, 1.82) is 0 Å². The summed E-state index contributed by atoms with van der Waals surface area (Å²) < 4.78 is 10.3. The van der Waals surface area contributed by atoms with Crippen LogP contribution in [0.2, 0.25) is 0 Å². The van der Waals surface area contributed by atoms with E-state index in [1.54, 1.807) is 7.11 Å². The van der Waals surface area contributed by atoms with Crippen molar-refractivity contribution < 1.29 is 14.6 Å². The first-order valence-electron chi connectivity index (χ1n) is 5.97. The van der Waals surface area contributed by atoms with E-state index < -0.39 is 6.10 Å². The lowest BCUT2D eigenvalue weighted by molar-refractivity contribution is 0.0276. The van der Waals surface area contributed by atoms with Gasteiger partial charge in [0.2, 0.25) is 0 Å². The summed E-state index contributed by atoms with van der Waals surface area (Å²) in [5.74, 6) is 0. The smallest absolute Gasteiger partial charge is 0.103 e. The third-order valence-corrected chi connectivity index (χ3v) is 2.70. The monoisotopic (exact) mass is 238 g/mol. The molecule has 17 heavy (non-hydrogen) atoms. The fraction of sp³-hybridized carbons (Fsp3) is 0.571. The van der Waals surface area contributed by atoms with E-state index in [4.69, 9.17) is 9.47 Å². The van der Waals surface area contributed by atoms with Gasteiger partial charge in [-0.25, -0.2) is 0 Å². The SMILES string of the molecule is COCCCOCC(O)c1ccc(C)cc1C. The maximum absolute atomic E-state index is 9.99. The quantitative estimate of drug-likeness (QED) is 0.741. The molecule has 1 unspecified atom stereocenters. The van der Waals surface area contributed by atoms with Crippen molar-refractivity contribution in [2.45, 2.75) is 26.4 Å². The highest BCUT2D eigenvalue weighted by Gasteiger charge is 2.10. The van der Waals surface area contributed by atoms with Gasteiger partial charge in [-0.15, -0.1) is 0 Å². The molecule has 1 atom stereocenters. The predicted octanol–water partition coefficient (Wildman–Crippen LogP) is 2.39. The molecule has 0 amide bonds. The van der Waals surface area contributed by atoms with Crippen molar-refractivity contribution in [3.8, 4) is 0 Å². The minimum absolute atomic E-state index is 0.341. The number of aliphatic hydroxyl groups excluding tert-OH is 1. The molecule has 3 heteroatoms. The van der Waals surface area contributed by atoms with Crippen LogP contribution in [0.3, 0.4) is 0 Å². The Labute approximate surface area is 103 Å². The Kier molecular flexibility index (Phi) is 6.19. The van der Waals surface area contributed by atoms with Gasteiger partial charge in [0, 0.05) is 20.3 Å². The summed E-state index contributed by atoms with van der Waals surface area (Å²) in [6, 6.07) is 6.05. The second-order valence-electron chi connectivity index (χ2n) is 4.30. The Morgan fingerprint density at radius 1 is 1.24 bits per heavy atom. The van der Waals surface area contributed by atoms with Crippen molar-refractivity contribution in [3.63, 3.8) is 0 Å². The Morgan fingerprint density at radius 2 is 2.00 bits per heavy atom. The summed E-state index contributed by atoms with van der Waals surface area (Å²) >= 11 is 0. The van der Waals surface area contributed by atoms with E-state index in [0.29, 0.717) is 19.8 Å². The van der Waals surface area contributed by atoms with Crippen molar-refractivity contribution in [2.24, 2.45) is 0 Å². The molecule has 0 aromatic heterocycles. The van der Waals surface area contributed by atoms with E-state index >= 15 is 0 Å². The zero-order chi connectivity index (χ0) is 12.7. The number of hydrogen-bond acceptors (Lipinski definition) is 3. The molecule has 0 heterocycles. The van der Waals surface area contributed by atoms with E-state index in [1.165, 1.54) is 5.56 Å². The molecule has 0 saturated heterocycles. The van der Waals surface area contributed by atoms with Crippen molar-refractivity contribution in [3.05, 3.63) is 34.9 Å². The molecule has 1 rings (SSSR count). The second-order valence-corrected chi connectivity index (χ2v) is 4.30. The third-order valence-electron chi connectivity index (χ3n) is 2.70. The van der Waals surface area contributed by atoms with E-state index in [2.05, 4.69) is 6.07 Å². The number of aliphatic hydroxyl groups is 1. The highest BCUT2D eigenvalue weighted by Crippen LogP contribution is 2.19. The maximum atomic E-state index is 9.99. The standard InChI is InChI=1S/C14H22O3/c1-11-5-6-13(12(2)9-11)14(15)10-17-8-4-7-16-3/h5-6,9,14-15H,4,7-8,10H2,1-3H3. The van der Waals surface area contributed by atoms with Gasteiger partial charge in [-0.3, -0.25) is 0 Å². The van der Waals surface area contributed by atoms with Crippen LogP contribution in [-0.4, -0.2) is 32.0 Å². The summed E-state index contributed by atoms with van der Waals surface area (Å²) in [7, 11) is 1.67. The molecular formula is C14H22O3. The van der Waals surface area contributed by atoms with Crippen LogP contribution in [-0.2, 0) is 9.47 Å². The molecule has 0 aliphatic heterocycles. The summed E-state index contributed by atoms with van der Waals surface area (Å²) in [5, 5.41) is 9.99. The Balaban J connectivity index is 2.38. The Hall–Kier alpha value is -0.900. The molecule has 0 spiro atoms. The lowest BCUT2D eigenvalue weighted by Gasteiger charge is -2.14. The Bertz CT molecular complexity index is 336. The first kappa shape index (κ1) is 14.2.